The molecular formula is C7H13F2NO. The van der Waals surface area contributed by atoms with Gasteiger partial charge in [-0.15, -0.1) is 0 Å². The molecule has 2 nitrogen and oxygen atoms in total. The van der Waals surface area contributed by atoms with Crippen molar-refractivity contribution in [2.45, 2.75) is 25.4 Å². The topological polar surface area (TPSA) is 21.3 Å². The van der Waals surface area contributed by atoms with Crippen molar-refractivity contribution in [1.82, 2.24) is 5.32 Å². The van der Waals surface area contributed by atoms with Crippen LogP contribution < -0.4 is 5.32 Å². The fourth-order valence-electron chi connectivity index (χ4n) is 1.22. The lowest BCUT2D eigenvalue weighted by Gasteiger charge is -2.31. The molecule has 0 amide bonds. The summed E-state index contributed by atoms with van der Waals surface area (Å²) in [5.41, 5.74) is 0. The van der Waals surface area contributed by atoms with Gasteiger partial charge in [0.25, 0.3) is 5.92 Å². The quantitative estimate of drug-likeness (QED) is 0.659. The Hall–Kier alpha value is -0.220. The number of alkyl halides is 2. The third-order valence-corrected chi connectivity index (χ3v) is 1.78. The highest BCUT2D eigenvalue weighted by atomic mass is 19.3. The molecule has 1 heterocycles. The van der Waals surface area contributed by atoms with E-state index in [-0.39, 0.29) is 6.54 Å². The molecule has 0 bridgehead atoms. The number of rotatable bonds is 2. The molecule has 11 heavy (non-hydrogen) atoms. The zero-order valence-corrected chi connectivity index (χ0v) is 6.57. The van der Waals surface area contributed by atoms with E-state index in [2.05, 4.69) is 5.32 Å². The fraction of sp³-hybridized carbons (Fsp3) is 1.00. The molecule has 1 fully saturated rings. The van der Waals surface area contributed by atoms with Crippen LogP contribution >= 0.6 is 0 Å². The molecule has 0 spiro atoms. The van der Waals surface area contributed by atoms with Gasteiger partial charge in [0.15, 0.2) is 0 Å². The van der Waals surface area contributed by atoms with Crippen molar-refractivity contribution in [2.24, 2.45) is 0 Å². The van der Waals surface area contributed by atoms with Crippen molar-refractivity contribution in [3.8, 4) is 0 Å². The first-order valence-electron chi connectivity index (χ1n) is 3.87. The van der Waals surface area contributed by atoms with E-state index < -0.39 is 12.0 Å². The number of hydrogen-bond acceptors (Lipinski definition) is 2. The zero-order valence-electron chi connectivity index (χ0n) is 6.57. The summed E-state index contributed by atoms with van der Waals surface area (Å²) in [5, 5.41) is 2.63. The SMILES string of the molecule is CCOC1CCNCC1(F)F. The fourth-order valence-corrected chi connectivity index (χ4v) is 1.22. The van der Waals surface area contributed by atoms with Crippen LogP contribution in [-0.2, 0) is 4.74 Å². The molecular weight excluding hydrogens is 152 g/mol. The largest absolute Gasteiger partial charge is 0.372 e. The van der Waals surface area contributed by atoms with Gasteiger partial charge < -0.3 is 10.1 Å². The average molecular weight is 165 g/mol. The van der Waals surface area contributed by atoms with Crippen LogP contribution in [0, 0.1) is 0 Å². The second kappa shape index (κ2) is 3.45. The van der Waals surface area contributed by atoms with Crippen molar-refractivity contribution in [3.05, 3.63) is 0 Å². The minimum absolute atomic E-state index is 0.252. The molecule has 4 heteroatoms. The monoisotopic (exact) mass is 165 g/mol. The maximum atomic E-state index is 12.9. The van der Waals surface area contributed by atoms with E-state index in [4.69, 9.17) is 4.74 Å². The van der Waals surface area contributed by atoms with Gasteiger partial charge in [0, 0.05) is 6.61 Å². The second-order valence-corrected chi connectivity index (χ2v) is 2.67. The van der Waals surface area contributed by atoms with E-state index in [0.717, 1.165) is 0 Å². The highest BCUT2D eigenvalue weighted by Crippen LogP contribution is 2.25. The van der Waals surface area contributed by atoms with Gasteiger partial charge in [0.05, 0.1) is 6.54 Å². The van der Waals surface area contributed by atoms with Crippen molar-refractivity contribution in [3.63, 3.8) is 0 Å². The molecule has 1 unspecified atom stereocenters. The minimum Gasteiger partial charge on any atom is -0.372 e. The average Bonchev–Trinajstić information content (AvgIpc) is 1.94. The maximum absolute atomic E-state index is 12.9. The molecule has 0 radical (unpaired) electrons. The molecule has 1 saturated heterocycles. The van der Waals surface area contributed by atoms with Gasteiger partial charge in [-0.2, -0.15) is 0 Å². The molecule has 66 valence electrons. The van der Waals surface area contributed by atoms with E-state index in [1.165, 1.54) is 0 Å². The smallest absolute Gasteiger partial charge is 0.285 e. The van der Waals surface area contributed by atoms with Crippen LogP contribution in [0.3, 0.4) is 0 Å². The van der Waals surface area contributed by atoms with Crippen LogP contribution in [0.25, 0.3) is 0 Å². The molecule has 0 saturated carbocycles. The summed E-state index contributed by atoms with van der Waals surface area (Å²) in [5.74, 6) is -2.69. The normalized spacial score (nSPS) is 30.3. The number of nitrogens with one attached hydrogen (secondary N) is 1. The Bertz CT molecular complexity index is 128. The lowest BCUT2D eigenvalue weighted by atomic mass is 10.1. The maximum Gasteiger partial charge on any atom is 0.285 e. The summed E-state index contributed by atoms with van der Waals surface area (Å²) < 4.78 is 30.6. The van der Waals surface area contributed by atoms with Gasteiger partial charge in [0.2, 0.25) is 0 Å². The van der Waals surface area contributed by atoms with Crippen molar-refractivity contribution >= 4 is 0 Å². The number of piperidine rings is 1. The van der Waals surface area contributed by atoms with Crippen LogP contribution in [0.5, 0.6) is 0 Å². The van der Waals surface area contributed by atoms with E-state index in [1.54, 1.807) is 6.92 Å². The first-order chi connectivity index (χ1) is 5.17. The van der Waals surface area contributed by atoms with Crippen molar-refractivity contribution in [1.29, 1.82) is 0 Å². The molecule has 1 atom stereocenters. The van der Waals surface area contributed by atoms with Crippen molar-refractivity contribution in [2.75, 3.05) is 19.7 Å². The van der Waals surface area contributed by atoms with Gasteiger partial charge >= 0.3 is 0 Å². The number of ether oxygens (including phenoxy) is 1. The van der Waals surface area contributed by atoms with E-state index in [0.29, 0.717) is 19.6 Å². The Morgan fingerprint density at radius 2 is 2.36 bits per heavy atom. The van der Waals surface area contributed by atoms with Gasteiger partial charge in [-0.3, -0.25) is 0 Å². The standard InChI is InChI=1S/C7H13F2NO/c1-2-11-6-3-4-10-5-7(6,8)9/h6,10H,2-5H2,1H3. The predicted octanol–water partition coefficient (Wildman–Crippen LogP) is 1.02. The first-order valence-corrected chi connectivity index (χ1v) is 3.87. The van der Waals surface area contributed by atoms with Gasteiger partial charge in [-0.25, -0.2) is 8.78 Å². The summed E-state index contributed by atoms with van der Waals surface area (Å²) in [6.45, 7) is 2.47. The number of hydrogen-bond donors (Lipinski definition) is 1. The highest BCUT2D eigenvalue weighted by Gasteiger charge is 2.41. The van der Waals surface area contributed by atoms with Crippen LogP contribution in [0.15, 0.2) is 0 Å². The predicted molar refractivity (Wildman–Crippen MR) is 37.8 cm³/mol. The highest BCUT2D eigenvalue weighted by molar-refractivity contribution is 4.85. The van der Waals surface area contributed by atoms with Crippen LogP contribution in [-0.4, -0.2) is 31.7 Å². The summed E-state index contributed by atoms with van der Waals surface area (Å²) in [4.78, 5) is 0. The summed E-state index contributed by atoms with van der Waals surface area (Å²) in [7, 11) is 0. The molecule has 1 N–H and O–H groups in total. The summed E-state index contributed by atoms with van der Waals surface area (Å²) in [6.07, 6.45) is -0.477. The zero-order chi connectivity index (χ0) is 8.32. The Labute approximate surface area is 64.9 Å². The Morgan fingerprint density at radius 1 is 1.64 bits per heavy atom. The Morgan fingerprint density at radius 3 is 2.91 bits per heavy atom. The van der Waals surface area contributed by atoms with Crippen LogP contribution in [0.2, 0.25) is 0 Å². The molecule has 1 aliphatic rings. The summed E-state index contributed by atoms with van der Waals surface area (Å²) >= 11 is 0. The van der Waals surface area contributed by atoms with Gasteiger partial charge in [-0.05, 0) is 19.9 Å². The molecule has 0 aromatic carbocycles. The van der Waals surface area contributed by atoms with Gasteiger partial charge in [-0.1, -0.05) is 0 Å². The second-order valence-electron chi connectivity index (χ2n) is 2.67. The van der Waals surface area contributed by atoms with Crippen LogP contribution in [0.4, 0.5) is 8.78 Å². The first kappa shape index (κ1) is 8.87. The summed E-state index contributed by atoms with van der Waals surface area (Å²) in [6, 6.07) is 0. The van der Waals surface area contributed by atoms with Crippen LogP contribution in [0.1, 0.15) is 13.3 Å². The van der Waals surface area contributed by atoms with E-state index in [9.17, 15) is 8.78 Å². The Kier molecular flexibility index (Phi) is 2.78. The minimum atomic E-state index is -2.69. The number of halogens is 2. The van der Waals surface area contributed by atoms with E-state index >= 15 is 0 Å². The molecule has 0 aromatic heterocycles. The van der Waals surface area contributed by atoms with Crippen molar-refractivity contribution < 1.29 is 13.5 Å². The third-order valence-electron chi connectivity index (χ3n) is 1.78. The molecule has 0 aromatic rings. The molecule has 0 aliphatic carbocycles. The Balaban J connectivity index is 2.45. The van der Waals surface area contributed by atoms with E-state index in [1.807, 2.05) is 0 Å². The third kappa shape index (κ3) is 2.10. The molecule has 1 aliphatic heterocycles. The molecule has 1 rings (SSSR count). The van der Waals surface area contributed by atoms with Gasteiger partial charge in [0.1, 0.15) is 6.10 Å². The lowest BCUT2D eigenvalue weighted by Crippen LogP contribution is -2.50. The lowest BCUT2D eigenvalue weighted by molar-refractivity contribution is -0.146.